The predicted octanol–water partition coefficient (Wildman–Crippen LogP) is 14.0. The van der Waals surface area contributed by atoms with Crippen molar-refractivity contribution in [3.05, 3.63) is 156 Å². The van der Waals surface area contributed by atoms with Crippen molar-refractivity contribution in [3.63, 3.8) is 0 Å². The van der Waals surface area contributed by atoms with E-state index in [1.165, 1.54) is 17.2 Å². The number of aryl methyl sites for hydroxylation is 2. The number of nitrogens with zero attached hydrogens (tertiary/aromatic N) is 5. The van der Waals surface area contributed by atoms with Crippen molar-refractivity contribution < 1.29 is 35.5 Å². The van der Waals surface area contributed by atoms with Gasteiger partial charge in [-0.15, -0.1) is 53.1 Å². The molecule has 9 aromatic rings. The van der Waals surface area contributed by atoms with Crippen molar-refractivity contribution >= 4 is 46.4 Å². The van der Waals surface area contributed by atoms with Crippen LogP contribution >= 0.6 is 0 Å². The Morgan fingerprint density at radius 2 is 1.56 bits per heavy atom. The molecule has 1 radical (unpaired) electrons. The first-order chi connectivity index (χ1) is 32.9. The van der Waals surface area contributed by atoms with E-state index in [0.29, 0.717) is 50.3 Å². The van der Waals surface area contributed by atoms with Crippen LogP contribution in [0.15, 0.2) is 120 Å². The van der Waals surface area contributed by atoms with Crippen LogP contribution in [-0.4, -0.2) is 32.6 Å². The summed E-state index contributed by atoms with van der Waals surface area (Å²) in [5, 5.41) is 2.16. The zero-order chi connectivity index (χ0) is 50.7. The van der Waals surface area contributed by atoms with Gasteiger partial charge in [-0.1, -0.05) is 128 Å². The van der Waals surface area contributed by atoms with Crippen LogP contribution in [-0.2, 0) is 26.5 Å². The summed E-state index contributed by atoms with van der Waals surface area (Å²) in [6.07, 6.45) is 5.53. The predicted molar refractivity (Wildman–Crippen MR) is 261 cm³/mol. The van der Waals surface area contributed by atoms with E-state index in [1.54, 1.807) is 42.9 Å². The minimum absolute atomic E-state index is 0. The maximum atomic E-state index is 8.59. The van der Waals surface area contributed by atoms with Gasteiger partial charge in [0.1, 0.15) is 0 Å². The van der Waals surface area contributed by atoms with Crippen LogP contribution < -0.4 is 5.19 Å². The van der Waals surface area contributed by atoms with Gasteiger partial charge in [0.05, 0.1) is 36.7 Å². The molecule has 8 heteroatoms. The summed E-state index contributed by atoms with van der Waals surface area (Å²) >= 11 is 0. The third-order valence-electron chi connectivity index (χ3n) is 11.0. The summed E-state index contributed by atoms with van der Waals surface area (Å²) in [4.78, 5) is 18.6. The molecule has 0 atom stereocenters. The first-order valence-electron chi connectivity index (χ1n) is 25.2. The average molecular weight is 1030 g/mol. The van der Waals surface area contributed by atoms with Crippen molar-refractivity contribution in [3.8, 4) is 39.5 Å². The first kappa shape index (κ1) is 35.9. The van der Waals surface area contributed by atoms with Crippen LogP contribution in [0.1, 0.15) is 92.2 Å². The SMILES string of the molecule is [2H]C([2H])([2H])c1c[c-]c(-c2cc(C([2H])([2H])C(C)C)c([Si](C)(C)C)cn2)cc1.[2H]C([2H])([2H])c1c[c-]c(-c2nc3ccncc3n2-c2c(C(C)C)cc(-c3ccccc3)cc2C(C)C)c2oc3ncccc3c12.[Ir]. The van der Waals surface area contributed by atoms with Crippen LogP contribution in [0.3, 0.4) is 0 Å². The number of imidazole rings is 1. The Bertz CT molecular complexity index is 3330. The van der Waals surface area contributed by atoms with Crippen LogP contribution in [0.5, 0.6) is 0 Å². The van der Waals surface area contributed by atoms with Crippen LogP contribution in [0.2, 0.25) is 19.6 Å². The monoisotopic (exact) mass is 1030 g/mol. The second-order valence-electron chi connectivity index (χ2n) is 17.7. The van der Waals surface area contributed by atoms with Crippen LogP contribution in [0, 0.1) is 31.8 Å². The summed E-state index contributed by atoms with van der Waals surface area (Å²) in [6.45, 7) is 14.6. The number of hydrogen-bond donors (Lipinski definition) is 0. The van der Waals surface area contributed by atoms with Gasteiger partial charge >= 0.3 is 0 Å². The first-order valence-corrected chi connectivity index (χ1v) is 24.7. The van der Waals surface area contributed by atoms with Crippen LogP contribution in [0.25, 0.3) is 72.6 Å². The molecular formula is C55H57IrN5OSi-2. The fourth-order valence-electron chi connectivity index (χ4n) is 7.97. The molecule has 0 unspecified atom stereocenters. The molecule has 0 N–H and O–H groups in total. The van der Waals surface area contributed by atoms with Gasteiger partial charge in [0, 0.05) is 60.7 Å². The molecule has 0 aliphatic rings. The largest absolute Gasteiger partial charge is 0.486 e. The van der Waals surface area contributed by atoms with E-state index in [1.807, 2.05) is 44.3 Å². The molecule has 0 amide bonds. The topological polar surface area (TPSA) is 69.6 Å². The van der Waals surface area contributed by atoms with E-state index >= 15 is 0 Å². The maximum Gasteiger partial charge on any atom is 0.216 e. The van der Waals surface area contributed by atoms with E-state index in [0.717, 1.165) is 33.0 Å². The van der Waals surface area contributed by atoms with Gasteiger partial charge in [0.15, 0.2) is 0 Å². The molecule has 5 heterocycles. The number of benzene rings is 4. The molecule has 4 aromatic carbocycles. The Kier molecular flexibility index (Phi) is 10.6. The van der Waals surface area contributed by atoms with Gasteiger partial charge in [0.25, 0.3) is 0 Å². The van der Waals surface area contributed by atoms with Crippen molar-refractivity contribution in [2.75, 3.05) is 0 Å². The molecule has 0 fully saturated rings. The van der Waals surface area contributed by atoms with Gasteiger partial charge in [-0.25, -0.2) is 4.98 Å². The Balaban J connectivity index is 0.000000236. The summed E-state index contributed by atoms with van der Waals surface area (Å²) in [5.41, 5.74) is 11.0. The maximum absolute atomic E-state index is 8.59. The Labute approximate surface area is 398 Å². The van der Waals surface area contributed by atoms with E-state index in [4.69, 9.17) is 20.4 Å². The molecule has 323 valence electrons. The molecule has 6 nitrogen and oxygen atoms in total. The van der Waals surface area contributed by atoms with E-state index in [9.17, 15) is 0 Å². The standard InChI is InChI=1S/C36H31N4O.C19H26NSi.Ir/c1-21(2)28-18-25(24-10-7-6-8-11-24)19-29(22(3)4)33(28)40-31-20-37-17-15-30(31)39-35(40)27-14-13-23(5)32-26-12-9-16-38-36(26)41-34(27)32;1-14(2)11-17-12-18(16-9-7-15(3)8-10-16)20-13-19(17)21(4,5)6;/h6-13,15-22H,1-5H3;7-9,12-14H,11H2,1-6H3;/q2*-1;/i5D3;3D3,11D2;. The second kappa shape index (κ2) is 18.7. The van der Waals surface area contributed by atoms with E-state index in [2.05, 4.69) is 115 Å². The normalized spacial score (nSPS) is 14.3. The minimum atomic E-state index is -2.37. The van der Waals surface area contributed by atoms with Gasteiger partial charge in [-0.05, 0) is 87.6 Å². The number of furan rings is 1. The molecule has 0 aliphatic carbocycles. The summed E-state index contributed by atoms with van der Waals surface area (Å²) in [6, 6.07) is 34.9. The fourth-order valence-corrected chi connectivity index (χ4v) is 9.38. The number of hydrogen-bond acceptors (Lipinski definition) is 5. The number of fused-ring (bicyclic) bond motifs is 4. The third kappa shape index (κ3) is 9.26. The molecule has 0 bridgehead atoms. The van der Waals surface area contributed by atoms with Gasteiger partial charge < -0.3 is 14.0 Å². The molecule has 63 heavy (non-hydrogen) atoms. The average Bonchev–Trinajstić information content (AvgIpc) is 3.89. The van der Waals surface area contributed by atoms with Crippen molar-refractivity contribution in [1.29, 1.82) is 0 Å². The Morgan fingerprint density at radius 1 is 0.794 bits per heavy atom. The molecule has 0 aliphatic heterocycles. The Hall–Kier alpha value is -5.53. The molecule has 9 rings (SSSR count). The van der Waals surface area contributed by atoms with Crippen molar-refractivity contribution in [2.24, 2.45) is 5.92 Å². The molecule has 0 saturated carbocycles. The number of rotatable bonds is 9. The third-order valence-corrected chi connectivity index (χ3v) is 13.0. The summed E-state index contributed by atoms with van der Waals surface area (Å²) < 4.78 is 72.9. The molecule has 5 aromatic heterocycles. The van der Waals surface area contributed by atoms with Crippen LogP contribution in [0.4, 0.5) is 0 Å². The van der Waals surface area contributed by atoms with E-state index in [-0.39, 0.29) is 49.0 Å². The van der Waals surface area contributed by atoms with E-state index < -0.39 is 28.2 Å². The van der Waals surface area contributed by atoms with Crippen molar-refractivity contribution in [2.45, 2.75) is 93.1 Å². The second-order valence-corrected chi connectivity index (χ2v) is 22.7. The summed E-state index contributed by atoms with van der Waals surface area (Å²) in [5.74, 6) is 0.802. The zero-order valence-corrected chi connectivity index (χ0v) is 40.6. The van der Waals surface area contributed by atoms with Gasteiger partial charge in [-0.3, -0.25) is 9.97 Å². The molecule has 0 spiro atoms. The fraction of sp³-hybridized carbons (Fsp3) is 0.273. The van der Waals surface area contributed by atoms with Gasteiger partial charge in [0.2, 0.25) is 5.71 Å². The number of aromatic nitrogens is 5. The van der Waals surface area contributed by atoms with Crippen molar-refractivity contribution in [1.82, 2.24) is 24.5 Å². The van der Waals surface area contributed by atoms with Gasteiger partial charge in [-0.2, -0.15) is 0 Å². The smallest absolute Gasteiger partial charge is 0.216 e. The Morgan fingerprint density at radius 3 is 2.21 bits per heavy atom. The zero-order valence-electron chi connectivity index (χ0n) is 45.2. The minimum Gasteiger partial charge on any atom is -0.486 e. The quantitative estimate of drug-likeness (QED) is 0.106. The number of pyridine rings is 3. The molecule has 0 saturated heterocycles. The molecular weight excluding hydrogens is 967 g/mol. The summed E-state index contributed by atoms with van der Waals surface area (Å²) in [7, 11) is -1.78.